The lowest BCUT2D eigenvalue weighted by atomic mass is 10.1. The van der Waals surface area contributed by atoms with E-state index in [1.54, 1.807) is 50.2 Å². The quantitative estimate of drug-likeness (QED) is 0.786. The van der Waals surface area contributed by atoms with Crippen LogP contribution in [0.2, 0.25) is 0 Å². The minimum Gasteiger partial charge on any atom is -0.497 e. The van der Waals surface area contributed by atoms with E-state index in [1.807, 2.05) is 32.0 Å². The lowest BCUT2D eigenvalue weighted by molar-refractivity contribution is -0.122. The van der Waals surface area contributed by atoms with Crippen LogP contribution in [-0.2, 0) is 9.59 Å². The summed E-state index contributed by atoms with van der Waals surface area (Å²) in [6.07, 6.45) is 0. The van der Waals surface area contributed by atoms with E-state index in [2.05, 4.69) is 10.6 Å². The first-order chi connectivity index (χ1) is 12.8. The molecule has 0 fully saturated rings. The van der Waals surface area contributed by atoms with Gasteiger partial charge in [-0.25, -0.2) is 0 Å². The molecule has 0 heterocycles. The minimum absolute atomic E-state index is 0.116. The second-order valence-electron chi connectivity index (χ2n) is 6.62. The minimum atomic E-state index is -0.462. The van der Waals surface area contributed by atoms with E-state index in [0.29, 0.717) is 5.69 Å². The fourth-order valence-electron chi connectivity index (χ4n) is 2.68. The summed E-state index contributed by atoms with van der Waals surface area (Å²) >= 11 is 0. The monoisotopic (exact) mass is 369 g/mol. The van der Waals surface area contributed by atoms with Crippen LogP contribution in [0.15, 0.2) is 42.5 Å². The number of amides is 2. The van der Waals surface area contributed by atoms with Crippen LogP contribution < -0.4 is 15.4 Å². The smallest absolute Gasteiger partial charge is 0.241 e. The molecule has 2 N–H and O–H groups in total. The second-order valence-corrected chi connectivity index (χ2v) is 6.62. The number of hydrogen-bond donors (Lipinski definition) is 2. The van der Waals surface area contributed by atoms with Crippen LogP contribution >= 0.6 is 0 Å². The van der Waals surface area contributed by atoms with E-state index >= 15 is 0 Å². The number of hydrogen-bond acceptors (Lipinski definition) is 4. The Labute approximate surface area is 160 Å². The molecule has 0 bridgehead atoms. The van der Waals surface area contributed by atoms with Gasteiger partial charge < -0.3 is 15.4 Å². The third-order valence-electron chi connectivity index (χ3n) is 4.54. The third kappa shape index (κ3) is 5.56. The van der Waals surface area contributed by atoms with E-state index < -0.39 is 6.04 Å². The number of nitrogens with zero attached hydrogens (tertiary/aromatic N) is 1. The summed E-state index contributed by atoms with van der Waals surface area (Å²) in [7, 11) is 3.34. The molecule has 2 amide bonds. The summed E-state index contributed by atoms with van der Waals surface area (Å²) in [6, 6.07) is 12.5. The van der Waals surface area contributed by atoms with Gasteiger partial charge in [0.1, 0.15) is 5.75 Å². The molecule has 27 heavy (non-hydrogen) atoms. The van der Waals surface area contributed by atoms with Crippen molar-refractivity contribution in [2.45, 2.75) is 26.8 Å². The normalized spacial score (nSPS) is 11.8. The Hall–Kier alpha value is -2.86. The number of para-hydroxylation sites is 1. The fourth-order valence-corrected chi connectivity index (χ4v) is 2.68. The number of carbonyl (C=O) groups is 2. The summed E-state index contributed by atoms with van der Waals surface area (Å²) < 4.78 is 5.10. The Morgan fingerprint density at radius 3 is 2.19 bits per heavy atom. The number of carbonyl (C=O) groups excluding carboxylic acids is 2. The maximum absolute atomic E-state index is 12.4. The SMILES string of the molecule is COc1ccc(NC(=O)[C@@H](C)N(C)CC(=O)Nc2c(C)cccc2C)cc1. The zero-order chi connectivity index (χ0) is 20.0. The molecular formula is C21H27N3O3. The number of likely N-dealkylation sites (N-methyl/N-ethyl adjacent to an activating group) is 1. The molecule has 2 aromatic rings. The van der Waals surface area contributed by atoms with Gasteiger partial charge in [-0.3, -0.25) is 14.5 Å². The highest BCUT2D eigenvalue weighted by atomic mass is 16.5. The average molecular weight is 369 g/mol. The Kier molecular flexibility index (Phi) is 6.96. The predicted molar refractivity (Wildman–Crippen MR) is 108 cm³/mol. The van der Waals surface area contributed by atoms with Gasteiger partial charge in [-0.1, -0.05) is 18.2 Å². The van der Waals surface area contributed by atoms with Crippen LogP contribution in [0.25, 0.3) is 0 Å². The van der Waals surface area contributed by atoms with Gasteiger partial charge in [0.2, 0.25) is 11.8 Å². The third-order valence-corrected chi connectivity index (χ3v) is 4.54. The molecule has 0 spiro atoms. The topological polar surface area (TPSA) is 70.7 Å². The molecule has 6 heteroatoms. The lowest BCUT2D eigenvalue weighted by Gasteiger charge is -2.23. The summed E-state index contributed by atoms with van der Waals surface area (Å²) in [5, 5.41) is 5.79. The second kappa shape index (κ2) is 9.19. The zero-order valence-corrected chi connectivity index (χ0v) is 16.5. The van der Waals surface area contributed by atoms with Gasteiger partial charge in [-0.05, 0) is 63.2 Å². The van der Waals surface area contributed by atoms with Crippen molar-refractivity contribution in [3.63, 3.8) is 0 Å². The summed E-state index contributed by atoms with van der Waals surface area (Å²) in [5.74, 6) is 0.392. The first-order valence-corrected chi connectivity index (χ1v) is 8.83. The first kappa shape index (κ1) is 20.5. The molecule has 0 saturated carbocycles. The van der Waals surface area contributed by atoms with Gasteiger partial charge in [0.25, 0.3) is 0 Å². The van der Waals surface area contributed by atoms with E-state index in [-0.39, 0.29) is 18.4 Å². The van der Waals surface area contributed by atoms with Crippen molar-refractivity contribution >= 4 is 23.2 Å². The van der Waals surface area contributed by atoms with Crippen molar-refractivity contribution in [2.75, 3.05) is 31.3 Å². The zero-order valence-electron chi connectivity index (χ0n) is 16.5. The number of rotatable bonds is 7. The molecule has 2 aromatic carbocycles. The van der Waals surface area contributed by atoms with Gasteiger partial charge >= 0.3 is 0 Å². The molecule has 2 rings (SSSR count). The summed E-state index contributed by atoms with van der Waals surface area (Å²) in [6.45, 7) is 5.80. The maximum atomic E-state index is 12.4. The highest BCUT2D eigenvalue weighted by Gasteiger charge is 2.20. The number of nitrogens with one attached hydrogen (secondary N) is 2. The Morgan fingerprint density at radius 1 is 1.04 bits per heavy atom. The van der Waals surface area contributed by atoms with Crippen molar-refractivity contribution in [3.8, 4) is 5.75 Å². The Bertz CT molecular complexity index is 783. The van der Waals surface area contributed by atoms with Crippen molar-refractivity contribution in [1.82, 2.24) is 4.90 Å². The van der Waals surface area contributed by atoms with Crippen LogP contribution in [-0.4, -0.2) is 43.5 Å². The van der Waals surface area contributed by atoms with Crippen LogP contribution in [0.1, 0.15) is 18.1 Å². The van der Waals surface area contributed by atoms with E-state index in [4.69, 9.17) is 4.74 Å². The lowest BCUT2D eigenvalue weighted by Crippen LogP contribution is -2.43. The van der Waals surface area contributed by atoms with Gasteiger partial charge in [-0.15, -0.1) is 0 Å². The average Bonchev–Trinajstić information content (AvgIpc) is 2.64. The number of anilines is 2. The standard InChI is InChI=1S/C21H27N3O3/c1-14-7-6-8-15(2)20(14)23-19(25)13-24(4)16(3)21(26)22-17-9-11-18(27-5)12-10-17/h6-12,16H,13H2,1-5H3,(H,22,26)(H,23,25)/t16-/m1/s1. The van der Waals surface area contributed by atoms with Crippen molar-refractivity contribution in [1.29, 1.82) is 0 Å². The molecule has 144 valence electrons. The van der Waals surface area contributed by atoms with Gasteiger partial charge in [0, 0.05) is 11.4 Å². The van der Waals surface area contributed by atoms with Crippen LogP contribution in [0.4, 0.5) is 11.4 Å². The van der Waals surface area contributed by atoms with Crippen LogP contribution in [0.3, 0.4) is 0 Å². The highest BCUT2D eigenvalue weighted by Crippen LogP contribution is 2.19. The molecule has 6 nitrogen and oxygen atoms in total. The number of methoxy groups -OCH3 is 1. The predicted octanol–water partition coefficient (Wildman–Crippen LogP) is 3.21. The fraction of sp³-hybridized carbons (Fsp3) is 0.333. The Morgan fingerprint density at radius 2 is 1.63 bits per heavy atom. The molecular weight excluding hydrogens is 342 g/mol. The summed E-state index contributed by atoms with van der Waals surface area (Å²) in [5.41, 5.74) is 3.53. The maximum Gasteiger partial charge on any atom is 0.241 e. The van der Waals surface area contributed by atoms with Gasteiger partial charge in [0.05, 0.1) is 19.7 Å². The molecule has 0 aliphatic rings. The van der Waals surface area contributed by atoms with Crippen molar-refractivity contribution in [3.05, 3.63) is 53.6 Å². The van der Waals surface area contributed by atoms with Crippen molar-refractivity contribution in [2.24, 2.45) is 0 Å². The first-order valence-electron chi connectivity index (χ1n) is 8.83. The molecule has 0 aliphatic heterocycles. The van der Waals surface area contributed by atoms with Crippen molar-refractivity contribution < 1.29 is 14.3 Å². The van der Waals surface area contributed by atoms with Crippen LogP contribution in [0, 0.1) is 13.8 Å². The molecule has 0 unspecified atom stereocenters. The number of ether oxygens (including phenoxy) is 1. The highest BCUT2D eigenvalue weighted by molar-refractivity contribution is 5.96. The molecule has 0 aromatic heterocycles. The van der Waals surface area contributed by atoms with E-state index in [9.17, 15) is 9.59 Å². The van der Waals surface area contributed by atoms with E-state index in [0.717, 1.165) is 22.6 Å². The summed E-state index contributed by atoms with van der Waals surface area (Å²) in [4.78, 5) is 26.5. The van der Waals surface area contributed by atoms with Gasteiger partial charge in [-0.2, -0.15) is 0 Å². The molecule has 0 saturated heterocycles. The number of benzene rings is 2. The Balaban J connectivity index is 1.92. The van der Waals surface area contributed by atoms with Crippen LogP contribution in [0.5, 0.6) is 5.75 Å². The molecule has 0 aliphatic carbocycles. The van der Waals surface area contributed by atoms with E-state index in [1.165, 1.54) is 0 Å². The van der Waals surface area contributed by atoms with Gasteiger partial charge in [0.15, 0.2) is 0 Å². The molecule has 1 atom stereocenters. The number of aryl methyl sites for hydroxylation is 2. The molecule has 0 radical (unpaired) electrons. The largest absolute Gasteiger partial charge is 0.497 e.